The Hall–Kier alpha value is -1.76. The number of sulfonamides is 1. The number of rotatable bonds is 7. The van der Waals surface area contributed by atoms with Gasteiger partial charge in [0.15, 0.2) is 0 Å². The molecule has 1 aromatic carbocycles. The second kappa shape index (κ2) is 7.49. The molecular formula is C16H21N3O2S. The van der Waals surface area contributed by atoms with Crippen molar-refractivity contribution in [3.63, 3.8) is 0 Å². The molecule has 0 spiro atoms. The third kappa shape index (κ3) is 4.37. The molecule has 2 rings (SSSR count). The zero-order chi connectivity index (χ0) is 16.0. The van der Waals surface area contributed by atoms with Crippen LogP contribution in [0.4, 0.5) is 0 Å². The molecule has 0 amide bonds. The Kier molecular flexibility index (Phi) is 5.65. The number of hydrogen-bond acceptors (Lipinski definition) is 4. The summed E-state index contributed by atoms with van der Waals surface area (Å²) in [5, 5.41) is 4.94. The van der Waals surface area contributed by atoms with Crippen molar-refractivity contribution in [2.75, 3.05) is 13.1 Å². The molecule has 5 nitrogen and oxygen atoms in total. The van der Waals surface area contributed by atoms with Gasteiger partial charge in [0, 0.05) is 36.9 Å². The van der Waals surface area contributed by atoms with Crippen LogP contribution in [-0.2, 0) is 10.0 Å². The van der Waals surface area contributed by atoms with Gasteiger partial charge in [-0.1, -0.05) is 18.2 Å². The lowest BCUT2D eigenvalue weighted by Gasteiger charge is -2.15. The molecule has 0 fully saturated rings. The van der Waals surface area contributed by atoms with Gasteiger partial charge in [-0.15, -0.1) is 0 Å². The summed E-state index contributed by atoms with van der Waals surface area (Å²) in [5.41, 5.74) is 0. The molecule has 0 saturated carbocycles. The highest BCUT2D eigenvalue weighted by molar-refractivity contribution is 7.89. The van der Waals surface area contributed by atoms with Gasteiger partial charge >= 0.3 is 0 Å². The molecule has 0 bridgehead atoms. The minimum atomic E-state index is -3.52. The van der Waals surface area contributed by atoms with E-state index < -0.39 is 10.0 Å². The standard InChI is InChI=1S/C16H21N3O2S/c1-3-4-8-17-11-13(2)19-22(20,21)16-6-5-15-12-18-9-7-14(15)10-16/h3-7,9-10,12-13,17,19H,8,11H2,1-2H3/b4-3+/t13-/m1/s1. The van der Waals surface area contributed by atoms with E-state index in [2.05, 4.69) is 15.0 Å². The summed E-state index contributed by atoms with van der Waals surface area (Å²) in [6, 6.07) is 6.65. The number of hydrogen-bond donors (Lipinski definition) is 2. The second-order valence-electron chi connectivity index (χ2n) is 5.13. The van der Waals surface area contributed by atoms with E-state index in [0.717, 1.165) is 17.3 Å². The third-order valence-electron chi connectivity index (χ3n) is 3.23. The maximum absolute atomic E-state index is 12.4. The first-order valence-corrected chi connectivity index (χ1v) is 8.69. The molecule has 2 N–H and O–H groups in total. The Balaban J connectivity index is 2.08. The van der Waals surface area contributed by atoms with Crippen LogP contribution in [0.2, 0.25) is 0 Å². The SMILES string of the molecule is C/C=C/CNC[C@@H](C)NS(=O)(=O)c1ccc2cnccc2c1. The van der Waals surface area contributed by atoms with Gasteiger partial charge in [0.25, 0.3) is 0 Å². The fourth-order valence-electron chi connectivity index (χ4n) is 2.10. The molecule has 1 heterocycles. The van der Waals surface area contributed by atoms with E-state index >= 15 is 0 Å². The largest absolute Gasteiger partial charge is 0.312 e. The van der Waals surface area contributed by atoms with Crippen molar-refractivity contribution in [3.8, 4) is 0 Å². The number of nitrogens with zero attached hydrogens (tertiary/aromatic N) is 1. The second-order valence-corrected chi connectivity index (χ2v) is 6.85. The van der Waals surface area contributed by atoms with Crippen molar-refractivity contribution < 1.29 is 8.42 Å². The van der Waals surface area contributed by atoms with E-state index in [1.165, 1.54) is 0 Å². The fraction of sp³-hybridized carbons (Fsp3) is 0.312. The van der Waals surface area contributed by atoms with Crippen LogP contribution in [0.3, 0.4) is 0 Å². The molecule has 1 aromatic heterocycles. The Morgan fingerprint density at radius 1 is 1.27 bits per heavy atom. The van der Waals surface area contributed by atoms with Crippen LogP contribution in [0, 0.1) is 0 Å². The first-order valence-electron chi connectivity index (χ1n) is 7.21. The Morgan fingerprint density at radius 3 is 2.86 bits per heavy atom. The molecule has 22 heavy (non-hydrogen) atoms. The molecule has 6 heteroatoms. The summed E-state index contributed by atoms with van der Waals surface area (Å²) in [6.45, 7) is 5.08. The number of allylic oxidation sites excluding steroid dienone is 1. The summed E-state index contributed by atoms with van der Waals surface area (Å²) in [6.07, 6.45) is 7.30. The summed E-state index contributed by atoms with van der Waals surface area (Å²) in [4.78, 5) is 4.29. The van der Waals surface area contributed by atoms with Crippen LogP contribution < -0.4 is 10.0 Å². The predicted octanol–water partition coefficient (Wildman–Crippen LogP) is 2.07. The van der Waals surface area contributed by atoms with E-state index in [9.17, 15) is 8.42 Å². The van der Waals surface area contributed by atoms with Gasteiger partial charge < -0.3 is 5.32 Å². The number of pyridine rings is 1. The maximum atomic E-state index is 12.4. The minimum absolute atomic E-state index is 0.191. The first-order chi connectivity index (χ1) is 10.5. The van der Waals surface area contributed by atoms with Gasteiger partial charge in [0.2, 0.25) is 10.0 Å². The Bertz CT molecular complexity index is 757. The molecule has 1 atom stereocenters. The molecule has 118 valence electrons. The summed E-state index contributed by atoms with van der Waals surface area (Å²) < 4.78 is 27.5. The zero-order valence-corrected chi connectivity index (χ0v) is 13.6. The molecule has 2 aromatic rings. The van der Waals surface area contributed by atoms with E-state index in [0.29, 0.717) is 6.54 Å². The van der Waals surface area contributed by atoms with Crippen molar-refractivity contribution >= 4 is 20.8 Å². The van der Waals surface area contributed by atoms with Crippen LogP contribution in [0.15, 0.2) is 53.7 Å². The van der Waals surface area contributed by atoms with Gasteiger partial charge in [0.05, 0.1) is 4.90 Å². The molecule has 0 saturated heterocycles. The van der Waals surface area contributed by atoms with Crippen LogP contribution >= 0.6 is 0 Å². The highest BCUT2D eigenvalue weighted by atomic mass is 32.2. The molecule has 0 aliphatic rings. The van der Waals surface area contributed by atoms with Crippen molar-refractivity contribution in [1.29, 1.82) is 0 Å². The first kappa shape index (κ1) is 16.6. The van der Waals surface area contributed by atoms with Crippen LogP contribution in [-0.4, -0.2) is 32.5 Å². The molecule has 0 radical (unpaired) electrons. The molecule has 0 aliphatic carbocycles. The maximum Gasteiger partial charge on any atom is 0.240 e. The minimum Gasteiger partial charge on any atom is -0.312 e. The van der Waals surface area contributed by atoms with Crippen molar-refractivity contribution in [2.24, 2.45) is 0 Å². The molecule has 0 aliphatic heterocycles. The summed E-state index contributed by atoms with van der Waals surface area (Å²) in [7, 11) is -3.52. The third-order valence-corrected chi connectivity index (χ3v) is 4.81. The highest BCUT2D eigenvalue weighted by Gasteiger charge is 2.17. The summed E-state index contributed by atoms with van der Waals surface area (Å²) >= 11 is 0. The van der Waals surface area contributed by atoms with Gasteiger partial charge in [-0.3, -0.25) is 4.98 Å². The van der Waals surface area contributed by atoms with Crippen molar-refractivity contribution in [2.45, 2.75) is 24.8 Å². The molecule has 0 unspecified atom stereocenters. The van der Waals surface area contributed by atoms with Crippen LogP contribution in [0.25, 0.3) is 10.8 Å². The van der Waals surface area contributed by atoms with E-state index in [4.69, 9.17) is 0 Å². The van der Waals surface area contributed by atoms with Gasteiger partial charge in [-0.25, -0.2) is 13.1 Å². The van der Waals surface area contributed by atoms with Gasteiger partial charge in [-0.2, -0.15) is 0 Å². The van der Waals surface area contributed by atoms with E-state index in [-0.39, 0.29) is 10.9 Å². The smallest absolute Gasteiger partial charge is 0.240 e. The molecular weight excluding hydrogens is 298 g/mol. The Morgan fingerprint density at radius 2 is 2.09 bits per heavy atom. The monoisotopic (exact) mass is 319 g/mol. The normalized spacial score (nSPS) is 13.7. The lowest BCUT2D eigenvalue weighted by molar-refractivity contribution is 0.545. The number of nitrogens with one attached hydrogen (secondary N) is 2. The van der Waals surface area contributed by atoms with Crippen LogP contribution in [0.5, 0.6) is 0 Å². The topological polar surface area (TPSA) is 71.1 Å². The predicted molar refractivity (Wildman–Crippen MR) is 89.2 cm³/mol. The lowest BCUT2D eigenvalue weighted by Crippen LogP contribution is -2.39. The van der Waals surface area contributed by atoms with Crippen molar-refractivity contribution in [1.82, 2.24) is 15.0 Å². The van der Waals surface area contributed by atoms with Crippen molar-refractivity contribution in [3.05, 3.63) is 48.8 Å². The van der Waals surface area contributed by atoms with Gasteiger partial charge in [-0.05, 0) is 37.4 Å². The highest BCUT2D eigenvalue weighted by Crippen LogP contribution is 2.18. The summed E-state index contributed by atoms with van der Waals surface area (Å²) in [5.74, 6) is 0. The lowest BCUT2D eigenvalue weighted by atomic mass is 10.2. The van der Waals surface area contributed by atoms with Crippen LogP contribution in [0.1, 0.15) is 13.8 Å². The number of benzene rings is 1. The van der Waals surface area contributed by atoms with E-state index in [1.807, 2.05) is 26.0 Å². The van der Waals surface area contributed by atoms with E-state index in [1.54, 1.807) is 36.7 Å². The zero-order valence-electron chi connectivity index (χ0n) is 12.8. The average molecular weight is 319 g/mol. The number of fused-ring (bicyclic) bond motifs is 1. The number of aromatic nitrogens is 1. The van der Waals surface area contributed by atoms with Gasteiger partial charge in [0.1, 0.15) is 0 Å². The quantitative estimate of drug-likeness (QED) is 0.605. The Labute approximate surface area is 131 Å². The fourth-order valence-corrected chi connectivity index (χ4v) is 3.38. The average Bonchev–Trinajstić information content (AvgIpc) is 2.50.